The lowest BCUT2D eigenvalue weighted by Gasteiger charge is -2.63. The van der Waals surface area contributed by atoms with Crippen LogP contribution < -0.4 is 0 Å². The van der Waals surface area contributed by atoms with E-state index < -0.39 is 11.4 Å². The normalized spacial score (nSPS) is 46.1. The second-order valence-electron chi connectivity index (χ2n) is 11.3. The minimum Gasteiger partial charge on any atom is -0.481 e. The molecule has 7 atom stereocenters. The number of rotatable bonds is 5. The van der Waals surface area contributed by atoms with Crippen molar-refractivity contribution in [3.63, 3.8) is 0 Å². The van der Waals surface area contributed by atoms with Crippen molar-refractivity contribution in [2.45, 2.75) is 78.6 Å². The first-order valence-corrected chi connectivity index (χ1v) is 11.7. The summed E-state index contributed by atoms with van der Waals surface area (Å²) in [5.41, 5.74) is -0.683. The van der Waals surface area contributed by atoms with Gasteiger partial charge in [-0.15, -0.1) is 0 Å². The van der Waals surface area contributed by atoms with Gasteiger partial charge < -0.3 is 14.9 Å². The second kappa shape index (κ2) is 7.25. The summed E-state index contributed by atoms with van der Waals surface area (Å²) in [6, 6.07) is 0. The Kier molecular flexibility index (Phi) is 5.28. The van der Waals surface area contributed by atoms with Crippen molar-refractivity contribution in [1.82, 2.24) is 0 Å². The quantitative estimate of drug-likeness (QED) is 0.666. The van der Waals surface area contributed by atoms with Crippen molar-refractivity contribution in [1.29, 1.82) is 0 Å². The lowest BCUT2D eigenvalue weighted by molar-refractivity contribution is -0.197. The van der Waals surface area contributed by atoms with Crippen molar-refractivity contribution >= 4 is 11.9 Å². The highest BCUT2D eigenvalue weighted by molar-refractivity contribution is 5.77. The number of hydrogen-bond donors (Lipinski definition) is 2. The van der Waals surface area contributed by atoms with Gasteiger partial charge in [0.25, 0.3) is 0 Å². The number of aliphatic hydroxyl groups excluding tert-OH is 1. The molecule has 0 amide bonds. The Bertz CT molecular complexity index is 674. The zero-order valence-corrected chi connectivity index (χ0v) is 18.3. The summed E-state index contributed by atoms with van der Waals surface area (Å²) in [7, 11) is 0. The van der Waals surface area contributed by atoms with Crippen LogP contribution in [0, 0.1) is 45.8 Å². The molecule has 5 nitrogen and oxygen atoms in total. The topological polar surface area (TPSA) is 83.8 Å². The Morgan fingerprint density at radius 2 is 1.83 bits per heavy atom. The Morgan fingerprint density at radius 3 is 2.48 bits per heavy atom. The Morgan fingerprint density at radius 1 is 1.07 bits per heavy atom. The summed E-state index contributed by atoms with van der Waals surface area (Å²) in [5.74, 6) is 0.343. The highest BCUT2D eigenvalue weighted by Crippen LogP contribution is 2.72. The number of hydrogen-bond acceptors (Lipinski definition) is 4. The Hall–Kier alpha value is -1.10. The van der Waals surface area contributed by atoms with E-state index in [4.69, 9.17) is 4.74 Å². The van der Waals surface area contributed by atoms with E-state index in [9.17, 15) is 19.8 Å². The van der Waals surface area contributed by atoms with E-state index in [0.29, 0.717) is 30.8 Å². The Labute approximate surface area is 174 Å². The fraction of sp³-hybridized carbons (Fsp3) is 0.917. The third-order valence-electron chi connectivity index (χ3n) is 9.70. The van der Waals surface area contributed by atoms with E-state index in [-0.39, 0.29) is 35.2 Å². The third kappa shape index (κ3) is 3.05. The van der Waals surface area contributed by atoms with Crippen molar-refractivity contribution in [2.24, 2.45) is 45.8 Å². The van der Waals surface area contributed by atoms with Gasteiger partial charge in [0.05, 0.1) is 5.92 Å². The van der Waals surface area contributed by atoms with Gasteiger partial charge >= 0.3 is 11.9 Å². The van der Waals surface area contributed by atoms with Crippen molar-refractivity contribution in [3.05, 3.63) is 0 Å². The van der Waals surface area contributed by atoms with Crippen LogP contribution in [-0.4, -0.2) is 35.4 Å². The van der Waals surface area contributed by atoms with Crippen LogP contribution in [0.4, 0.5) is 0 Å². The molecule has 164 valence electrons. The first kappa shape index (κ1) is 21.1. The molecule has 0 aliphatic heterocycles. The molecule has 5 heteroatoms. The summed E-state index contributed by atoms with van der Waals surface area (Å²) in [6.45, 7) is 6.24. The third-order valence-corrected chi connectivity index (χ3v) is 9.70. The maximum atomic E-state index is 12.6. The van der Waals surface area contributed by atoms with E-state index in [0.717, 1.165) is 38.5 Å². The molecule has 0 radical (unpaired) electrons. The lowest BCUT2D eigenvalue weighted by Crippen LogP contribution is -2.60. The first-order chi connectivity index (χ1) is 13.7. The SMILES string of the molecule is CC(C)C(=O)OC[C@@]1(C(=O)O)CCC[C@@]2(C)C3CC[C@H]4CC3(CCC12)C[C@H]4CO. The second-order valence-corrected chi connectivity index (χ2v) is 11.3. The van der Waals surface area contributed by atoms with Gasteiger partial charge in [-0.2, -0.15) is 0 Å². The highest BCUT2D eigenvalue weighted by Gasteiger charge is 2.67. The molecule has 1 spiro atoms. The average molecular weight is 407 g/mol. The molecule has 0 saturated heterocycles. The molecule has 4 aliphatic carbocycles. The first-order valence-electron chi connectivity index (χ1n) is 11.7. The number of carboxylic acids is 1. The lowest BCUT2D eigenvalue weighted by atomic mass is 9.40. The molecule has 4 fully saturated rings. The fourth-order valence-electron chi connectivity index (χ4n) is 8.47. The van der Waals surface area contributed by atoms with Crippen LogP contribution in [0.3, 0.4) is 0 Å². The van der Waals surface area contributed by atoms with Gasteiger partial charge in [-0.05, 0) is 85.9 Å². The number of fused-ring (bicyclic) bond motifs is 3. The molecule has 4 aliphatic rings. The minimum absolute atomic E-state index is 0.0151. The van der Waals surface area contributed by atoms with E-state index in [2.05, 4.69) is 6.92 Å². The summed E-state index contributed by atoms with van der Waals surface area (Å²) in [5, 5.41) is 20.3. The number of carbonyl (C=O) groups excluding carboxylic acids is 1. The Balaban J connectivity index is 1.65. The van der Waals surface area contributed by atoms with Gasteiger partial charge in [0.15, 0.2) is 0 Å². The van der Waals surface area contributed by atoms with Crippen LogP contribution in [0.15, 0.2) is 0 Å². The zero-order chi connectivity index (χ0) is 21.0. The summed E-state index contributed by atoms with van der Waals surface area (Å²) >= 11 is 0. The molecule has 2 N–H and O–H groups in total. The molecule has 3 unspecified atom stereocenters. The predicted octanol–water partition coefficient (Wildman–Crippen LogP) is 4.27. The van der Waals surface area contributed by atoms with Crippen molar-refractivity contribution in [2.75, 3.05) is 13.2 Å². The van der Waals surface area contributed by atoms with Gasteiger partial charge in [-0.3, -0.25) is 9.59 Å². The summed E-state index contributed by atoms with van der Waals surface area (Å²) < 4.78 is 5.58. The number of esters is 1. The van der Waals surface area contributed by atoms with E-state index in [1.807, 2.05) is 0 Å². The molecule has 4 saturated carbocycles. The van der Waals surface area contributed by atoms with Crippen molar-refractivity contribution < 1.29 is 24.5 Å². The van der Waals surface area contributed by atoms with Crippen LogP contribution in [0.25, 0.3) is 0 Å². The van der Waals surface area contributed by atoms with Crippen LogP contribution in [0.1, 0.15) is 78.6 Å². The van der Waals surface area contributed by atoms with E-state index in [1.165, 1.54) is 12.8 Å². The molecule has 29 heavy (non-hydrogen) atoms. The maximum Gasteiger partial charge on any atom is 0.313 e. The van der Waals surface area contributed by atoms with Gasteiger partial charge in [0, 0.05) is 6.61 Å². The molecule has 0 aromatic rings. The number of aliphatic carboxylic acids is 1. The van der Waals surface area contributed by atoms with Gasteiger partial charge in [-0.25, -0.2) is 0 Å². The van der Waals surface area contributed by atoms with Gasteiger partial charge in [0.1, 0.15) is 12.0 Å². The smallest absolute Gasteiger partial charge is 0.313 e. The molecular formula is C24H38O5. The van der Waals surface area contributed by atoms with E-state index in [1.54, 1.807) is 13.8 Å². The van der Waals surface area contributed by atoms with Crippen LogP contribution in [0.5, 0.6) is 0 Å². The molecule has 4 rings (SSSR count). The highest BCUT2D eigenvalue weighted by atomic mass is 16.5. The van der Waals surface area contributed by atoms with Crippen LogP contribution >= 0.6 is 0 Å². The number of aliphatic hydroxyl groups is 1. The molecule has 0 heterocycles. The van der Waals surface area contributed by atoms with Gasteiger partial charge in [0.2, 0.25) is 0 Å². The molecule has 0 aromatic heterocycles. The molecular weight excluding hydrogens is 368 g/mol. The standard InChI is InChI=1S/C24H38O5/c1-15(2)20(26)29-14-24(21(27)28)9-4-8-22(3)18-6-5-16-11-23(18,10-7-19(22)24)12-17(16)13-25/h15-19,25H,4-14H2,1-3H3,(H,27,28)/t16-,17-,18?,19?,22-,23?,24-/m0/s1. The largest absolute Gasteiger partial charge is 0.481 e. The molecule has 2 bridgehead atoms. The maximum absolute atomic E-state index is 12.6. The monoisotopic (exact) mass is 406 g/mol. The zero-order valence-electron chi connectivity index (χ0n) is 18.3. The number of carbonyl (C=O) groups is 2. The summed E-state index contributed by atoms with van der Waals surface area (Å²) in [4.78, 5) is 24.8. The summed E-state index contributed by atoms with van der Waals surface area (Å²) in [6.07, 6.45) is 9.20. The van der Waals surface area contributed by atoms with E-state index >= 15 is 0 Å². The fourth-order valence-corrected chi connectivity index (χ4v) is 8.47. The molecule has 0 aromatic carbocycles. The van der Waals surface area contributed by atoms with Crippen LogP contribution in [0.2, 0.25) is 0 Å². The number of ether oxygens (including phenoxy) is 1. The number of carboxylic acid groups (broad SMARTS) is 1. The van der Waals surface area contributed by atoms with Crippen LogP contribution in [-0.2, 0) is 14.3 Å². The average Bonchev–Trinajstić information content (AvgIpc) is 2.94. The van der Waals surface area contributed by atoms with Gasteiger partial charge in [-0.1, -0.05) is 27.2 Å². The predicted molar refractivity (Wildman–Crippen MR) is 109 cm³/mol. The van der Waals surface area contributed by atoms with Crippen molar-refractivity contribution in [3.8, 4) is 0 Å². The minimum atomic E-state index is -0.953.